The number of benzene rings is 9. The Hall–Kier alpha value is -7.34. The van der Waals surface area contributed by atoms with Gasteiger partial charge >= 0.3 is 0 Å². The lowest BCUT2D eigenvalue weighted by molar-refractivity contribution is 1.01. The van der Waals surface area contributed by atoms with Crippen LogP contribution in [0.2, 0.25) is 0 Å². The molecule has 0 unspecified atom stereocenters. The van der Waals surface area contributed by atoms with E-state index in [9.17, 15) is 0 Å². The Labute approximate surface area is 330 Å². The molecule has 0 saturated carbocycles. The van der Waals surface area contributed by atoms with Gasteiger partial charge in [-0.05, 0) is 70.1 Å². The Morgan fingerprint density at radius 3 is 1.98 bits per heavy atom. The van der Waals surface area contributed by atoms with Crippen LogP contribution in [-0.2, 0) is 0 Å². The highest BCUT2D eigenvalue weighted by Gasteiger charge is 2.22. The molecule has 4 heterocycles. The predicted molar refractivity (Wildman–Crippen MR) is 242 cm³/mol. The van der Waals surface area contributed by atoms with Crippen LogP contribution in [0.25, 0.3) is 119 Å². The fourth-order valence-electron chi connectivity index (χ4n) is 9.37. The number of hydrogen-bond donors (Lipinski definition) is 0. The number of rotatable bonds is 3. The van der Waals surface area contributed by atoms with E-state index in [1.165, 1.54) is 74.3 Å². The van der Waals surface area contributed by atoms with Crippen LogP contribution in [0.1, 0.15) is 0 Å². The molecule has 0 aliphatic heterocycles. The standard InChI is InChI=1S/C52H30N4S/c1-2-14-33-29-46-42(28-32(33)13-1)36-16-6-9-22-44(36)55(46)34-25-26-40-47(30-34)56(45-27-24-31-12-3-4-15-35(31)49(40)45)52-53-43-21-8-5-18-39(43)50(54-52)41-20-11-19-38-37-17-7-10-23-48(37)57-51(38)41/h1-30H. The molecule has 0 bridgehead atoms. The number of hydrogen-bond acceptors (Lipinski definition) is 3. The van der Waals surface area contributed by atoms with Crippen molar-refractivity contribution in [2.24, 2.45) is 0 Å². The Morgan fingerprint density at radius 1 is 0.386 bits per heavy atom. The topological polar surface area (TPSA) is 35.6 Å². The zero-order valence-electron chi connectivity index (χ0n) is 30.5. The lowest BCUT2D eigenvalue weighted by Crippen LogP contribution is -2.04. The average molecular weight is 743 g/mol. The molecule has 5 heteroatoms. The molecule has 0 fully saturated rings. The second-order valence-electron chi connectivity index (χ2n) is 15.0. The number of nitrogens with zero attached hydrogens (tertiary/aromatic N) is 4. The van der Waals surface area contributed by atoms with E-state index in [0.29, 0.717) is 5.95 Å². The number of para-hydroxylation sites is 2. The third kappa shape index (κ3) is 4.37. The predicted octanol–water partition coefficient (Wildman–Crippen LogP) is 14.2. The second kappa shape index (κ2) is 11.6. The van der Waals surface area contributed by atoms with Gasteiger partial charge < -0.3 is 4.57 Å². The number of aromatic nitrogens is 4. The van der Waals surface area contributed by atoms with Crippen LogP contribution >= 0.6 is 11.3 Å². The zero-order valence-corrected chi connectivity index (χ0v) is 31.3. The third-order valence-electron chi connectivity index (χ3n) is 11.9. The van der Waals surface area contributed by atoms with Crippen LogP contribution < -0.4 is 0 Å². The summed E-state index contributed by atoms with van der Waals surface area (Å²) in [4.78, 5) is 11.0. The molecular weight excluding hydrogens is 713 g/mol. The summed E-state index contributed by atoms with van der Waals surface area (Å²) < 4.78 is 7.23. The van der Waals surface area contributed by atoms with E-state index >= 15 is 0 Å². The Bertz CT molecular complexity index is 3830. The summed E-state index contributed by atoms with van der Waals surface area (Å²) in [6.07, 6.45) is 0. The Kier molecular flexibility index (Phi) is 6.29. The Balaban J connectivity index is 1.15. The minimum absolute atomic E-state index is 0.655. The maximum Gasteiger partial charge on any atom is 0.235 e. The van der Waals surface area contributed by atoms with Gasteiger partial charge in [-0.1, -0.05) is 133 Å². The smallest absolute Gasteiger partial charge is 0.235 e. The molecule has 0 amide bonds. The maximum atomic E-state index is 5.59. The van der Waals surface area contributed by atoms with Gasteiger partial charge in [0.25, 0.3) is 0 Å². The first-order valence-corrected chi connectivity index (χ1v) is 20.1. The molecule has 264 valence electrons. The molecule has 0 radical (unpaired) electrons. The lowest BCUT2D eigenvalue weighted by atomic mass is 10.0. The minimum atomic E-state index is 0.655. The summed E-state index contributed by atoms with van der Waals surface area (Å²) in [6, 6.07) is 65.9. The van der Waals surface area contributed by atoms with Gasteiger partial charge in [0.15, 0.2) is 0 Å². The van der Waals surface area contributed by atoms with Crippen molar-refractivity contribution in [3.05, 3.63) is 182 Å². The summed E-state index contributed by atoms with van der Waals surface area (Å²) in [5, 5.41) is 13.3. The summed E-state index contributed by atoms with van der Waals surface area (Å²) in [7, 11) is 0. The lowest BCUT2D eigenvalue weighted by Gasteiger charge is -2.13. The molecule has 13 aromatic rings. The molecule has 57 heavy (non-hydrogen) atoms. The summed E-state index contributed by atoms with van der Waals surface area (Å²) in [5.41, 5.74) is 8.57. The number of thiophene rings is 1. The first-order valence-electron chi connectivity index (χ1n) is 19.3. The molecule has 13 rings (SSSR count). The molecule has 0 N–H and O–H groups in total. The number of fused-ring (bicyclic) bond motifs is 13. The van der Waals surface area contributed by atoms with Gasteiger partial charge in [0.2, 0.25) is 5.95 Å². The highest BCUT2D eigenvalue weighted by molar-refractivity contribution is 7.26. The second-order valence-corrected chi connectivity index (χ2v) is 16.0. The van der Waals surface area contributed by atoms with E-state index in [2.05, 4.69) is 191 Å². The average Bonchev–Trinajstić information content (AvgIpc) is 3.92. The fraction of sp³-hybridized carbons (Fsp3) is 0. The highest BCUT2D eigenvalue weighted by atomic mass is 32.1. The van der Waals surface area contributed by atoms with Gasteiger partial charge in [0.05, 0.1) is 33.3 Å². The molecule has 0 atom stereocenters. The maximum absolute atomic E-state index is 5.59. The fourth-order valence-corrected chi connectivity index (χ4v) is 10.6. The SMILES string of the molecule is c1ccc2cc3c(cc2c1)c1ccccc1n3-c1ccc2c3c4ccccc4ccc3n(-c3nc(-c4cccc5c4sc4ccccc45)c4ccccc4n3)c2c1. The minimum Gasteiger partial charge on any atom is -0.309 e. The molecular formula is C52H30N4S. The van der Waals surface area contributed by atoms with Crippen LogP contribution in [0.4, 0.5) is 0 Å². The van der Waals surface area contributed by atoms with Crippen molar-refractivity contribution in [3.63, 3.8) is 0 Å². The van der Waals surface area contributed by atoms with Gasteiger partial charge in [-0.2, -0.15) is 0 Å². The van der Waals surface area contributed by atoms with Gasteiger partial charge in [-0.25, -0.2) is 9.97 Å². The van der Waals surface area contributed by atoms with E-state index in [-0.39, 0.29) is 0 Å². The largest absolute Gasteiger partial charge is 0.309 e. The molecule has 0 aliphatic carbocycles. The van der Waals surface area contributed by atoms with Crippen molar-refractivity contribution < 1.29 is 0 Å². The zero-order chi connectivity index (χ0) is 37.2. The van der Waals surface area contributed by atoms with E-state index in [0.717, 1.165) is 38.9 Å². The molecule has 9 aromatic carbocycles. The van der Waals surface area contributed by atoms with Crippen LogP contribution in [0, 0.1) is 0 Å². The van der Waals surface area contributed by atoms with E-state index < -0.39 is 0 Å². The molecule has 0 spiro atoms. The van der Waals surface area contributed by atoms with Crippen LogP contribution in [0.3, 0.4) is 0 Å². The van der Waals surface area contributed by atoms with Crippen LogP contribution in [0.5, 0.6) is 0 Å². The van der Waals surface area contributed by atoms with E-state index in [4.69, 9.17) is 9.97 Å². The first-order chi connectivity index (χ1) is 28.3. The molecule has 4 aromatic heterocycles. The normalized spacial score (nSPS) is 12.2. The van der Waals surface area contributed by atoms with Crippen LogP contribution in [0.15, 0.2) is 182 Å². The van der Waals surface area contributed by atoms with E-state index in [1.54, 1.807) is 0 Å². The van der Waals surface area contributed by atoms with Gasteiger partial charge in [-0.15, -0.1) is 11.3 Å². The van der Waals surface area contributed by atoms with Crippen molar-refractivity contribution >= 4 is 108 Å². The Morgan fingerprint density at radius 2 is 1.09 bits per heavy atom. The van der Waals surface area contributed by atoms with Crippen molar-refractivity contribution in [2.75, 3.05) is 0 Å². The van der Waals surface area contributed by atoms with E-state index in [1.807, 2.05) is 11.3 Å². The van der Waals surface area contributed by atoms with Crippen molar-refractivity contribution in [2.45, 2.75) is 0 Å². The summed E-state index contributed by atoms with van der Waals surface area (Å²) in [6.45, 7) is 0. The highest BCUT2D eigenvalue weighted by Crippen LogP contribution is 2.43. The van der Waals surface area contributed by atoms with Crippen molar-refractivity contribution in [1.29, 1.82) is 0 Å². The monoisotopic (exact) mass is 742 g/mol. The first kappa shape index (κ1) is 30.9. The summed E-state index contributed by atoms with van der Waals surface area (Å²) >= 11 is 1.83. The molecule has 0 saturated heterocycles. The molecule has 0 aliphatic rings. The quantitative estimate of drug-likeness (QED) is 0.181. The third-order valence-corrected chi connectivity index (χ3v) is 13.1. The van der Waals surface area contributed by atoms with Gasteiger partial charge in [-0.3, -0.25) is 4.57 Å². The van der Waals surface area contributed by atoms with Gasteiger partial charge in [0, 0.05) is 58.4 Å². The van der Waals surface area contributed by atoms with Crippen LogP contribution in [-0.4, -0.2) is 19.1 Å². The van der Waals surface area contributed by atoms with Crippen molar-refractivity contribution in [1.82, 2.24) is 19.1 Å². The van der Waals surface area contributed by atoms with Crippen molar-refractivity contribution in [3.8, 4) is 22.9 Å². The summed E-state index contributed by atoms with van der Waals surface area (Å²) in [5.74, 6) is 0.655. The van der Waals surface area contributed by atoms with Gasteiger partial charge in [0.1, 0.15) is 0 Å². The molecule has 4 nitrogen and oxygen atoms in total.